The van der Waals surface area contributed by atoms with Gasteiger partial charge < -0.3 is 5.32 Å². The fraction of sp³-hybridized carbons (Fsp3) is 0.500. The quantitative estimate of drug-likeness (QED) is 0.862. The van der Waals surface area contributed by atoms with Crippen LogP contribution >= 0.6 is 0 Å². The molecular formula is C14H17F3N2O. The molecule has 2 rings (SSSR count). The topological polar surface area (TPSA) is 32.3 Å². The highest BCUT2D eigenvalue weighted by Crippen LogP contribution is 2.17. The van der Waals surface area contributed by atoms with Crippen LogP contribution < -0.4 is 5.32 Å². The smallest absolute Gasteiger partial charge is 0.254 e. The molecule has 1 saturated heterocycles. The second-order valence-electron chi connectivity index (χ2n) is 4.86. The second kappa shape index (κ2) is 6.26. The number of benzene rings is 1. The Balaban J connectivity index is 2.00. The van der Waals surface area contributed by atoms with Gasteiger partial charge >= 0.3 is 0 Å². The molecule has 1 unspecified atom stereocenters. The van der Waals surface area contributed by atoms with Crippen LogP contribution in [-0.2, 0) is 0 Å². The summed E-state index contributed by atoms with van der Waals surface area (Å²) in [5, 5.41) is 2.58. The number of likely N-dealkylation sites (N-methyl/N-ethyl adjacent to an activating group) is 1. The van der Waals surface area contributed by atoms with Crippen LogP contribution in [0.25, 0.3) is 0 Å². The third-order valence-corrected chi connectivity index (χ3v) is 3.68. The summed E-state index contributed by atoms with van der Waals surface area (Å²) in [6, 6.07) is 1.92. The highest BCUT2D eigenvalue weighted by Gasteiger charge is 2.24. The van der Waals surface area contributed by atoms with E-state index < -0.39 is 28.9 Å². The van der Waals surface area contributed by atoms with Crippen LogP contribution in [0.1, 0.15) is 30.1 Å². The zero-order valence-electron chi connectivity index (χ0n) is 11.3. The molecule has 110 valence electrons. The van der Waals surface area contributed by atoms with Crippen LogP contribution in [0, 0.1) is 17.5 Å². The number of nitrogens with one attached hydrogen (secondary N) is 1. The number of nitrogens with zero attached hydrogens (tertiary/aromatic N) is 1. The fourth-order valence-corrected chi connectivity index (χ4v) is 2.55. The van der Waals surface area contributed by atoms with Crippen molar-refractivity contribution in [3.63, 3.8) is 0 Å². The summed E-state index contributed by atoms with van der Waals surface area (Å²) >= 11 is 0. The molecule has 0 radical (unpaired) electrons. The van der Waals surface area contributed by atoms with Crippen molar-refractivity contribution < 1.29 is 18.0 Å². The van der Waals surface area contributed by atoms with E-state index in [-0.39, 0.29) is 6.04 Å². The monoisotopic (exact) mass is 286 g/mol. The van der Waals surface area contributed by atoms with Gasteiger partial charge in [-0.3, -0.25) is 9.69 Å². The molecular weight excluding hydrogens is 269 g/mol. The third kappa shape index (κ3) is 2.95. The molecule has 0 spiro atoms. The summed E-state index contributed by atoms with van der Waals surface area (Å²) in [5.74, 6) is -5.08. The summed E-state index contributed by atoms with van der Waals surface area (Å²) in [6.45, 7) is 4.29. The van der Waals surface area contributed by atoms with Gasteiger partial charge in [-0.1, -0.05) is 6.92 Å². The van der Waals surface area contributed by atoms with E-state index in [4.69, 9.17) is 0 Å². The lowest BCUT2D eigenvalue weighted by Gasteiger charge is -2.22. The average Bonchev–Trinajstić information content (AvgIpc) is 2.90. The van der Waals surface area contributed by atoms with Gasteiger partial charge in [0.25, 0.3) is 5.91 Å². The first kappa shape index (κ1) is 14.8. The van der Waals surface area contributed by atoms with Crippen molar-refractivity contribution in [1.29, 1.82) is 0 Å². The van der Waals surface area contributed by atoms with Gasteiger partial charge in [0.05, 0.1) is 5.56 Å². The molecule has 1 amide bonds. The predicted molar refractivity (Wildman–Crippen MR) is 68.9 cm³/mol. The molecule has 1 aromatic rings. The molecule has 6 heteroatoms. The lowest BCUT2D eigenvalue weighted by molar-refractivity contribution is 0.0936. The van der Waals surface area contributed by atoms with E-state index in [1.54, 1.807) is 0 Å². The largest absolute Gasteiger partial charge is 0.350 e. The Morgan fingerprint density at radius 2 is 2.10 bits per heavy atom. The van der Waals surface area contributed by atoms with Crippen molar-refractivity contribution in [2.45, 2.75) is 25.8 Å². The molecule has 1 heterocycles. The van der Waals surface area contributed by atoms with E-state index in [1.165, 1.54) is 0 Å². The van der Waals surface area contributed by atoms with Crippen molar-refractivity contribution in [2.24, 2.45) is 0 Å². The number of amides is 1. The van der Waals surface area contributed by atoms with Crippen molar-refractivity contribution in [3.8, 4) is 0 Å². The number of likely N-dealkylation sites (tertiary alicyclic amines) is 1. The summed E-state index contributed by atoms with van der Waals surface area (Å²) in [7, 11) is 0. The summed E-state index contributed by atoms with van der Waals surface area (Å²) in [6.07, 6.45) is 2.03. The van der Waals surface area contributed by atoms with Crippen molar-refractivity contribution in [1.82, 2.24) is 10.2 Å². The van der Waals surface area contributed by atoms with Crippen LogP contribution in [0.5, 0.6) is 0 Å². The van der Waals surface area contributed by atoms with Gasteiger partial charge in [-0.2, -0.15) is 0 Å². The van der Waals surface area contributed by atoms with E-state index in [9.17, 15) is 18.0 Å². The van der Waals surface area contributed by atoms with Gasteiger partial charge in [0, 0.05) is 12.6 Å². The lowest BCUT2D eigenvalue weighted by atomic mass is 10.1. The maximum absolute atomic E-state index is 13.5. The van der Waals surface area contributed by atoms with Gasteiger partial charge in [0.15, 0.2) is 17.5 Å². The normalized spacial score (nSPS) is 19.3. The number of carbonyl (C=O) groups is 1. The number of halogens is 3. The van der Waals surface area contributed by atoms with Crippen LogP contribution in [-0.4, -0.2) is 36.5 Å². The third-order valence-electron chi connectivity index (χ3n) is 3.68. The fourth-order valence-electron chi connectivity index (χ4n) is 2.55. The van der Waals surface area contributed by atoms with Crippen LogP contribution in [0.3, 0.4) is 0 Å². The Kier molecular flexibility index (Phi) is 4.65. The number of hydrogen-bond donors (Lipinski definition) is 1. The highest BCUT2D eigenvalue weighted by atomic mass is 19.2. The van der Waals surface area contributed by atoms with Crippen molar-refractivity contribution in [3.05, 3.63) is 35.1 Å². The molecule has 20 heavy (non-hydrogen) atoms. The first-order valence-electron chi connectivity index (χ1n) is 6.70. The number of hydrogen-bond acceptors (Lipinski definition) is 2. The standard InChI is InChI=1S/C14H17F3N2O/c1-2-19-7-3-4-9(19)8-18-14(20)10-5-6-11(15)13(17)12(10)16/h5-6,9H,2-4,7-8H2,1H3,(H,18,20). The van der Waals surface area contributed by atoms with Gasteiger partial charge in [-0.25, -0.2) is 13.2 Å². The zero-order valence-corrected chi connectivity index (χ0v) is 11.3. The summed E-state index contributed by atoms with van der Waals surface area (Å²) < 4.78 is 39.3. The predicted octanol–water partition coefficient (Wildman–Crippen LogP) is 2.32. The maximum atomic E-state index is 13.5. The van der Waals surface area contributed by atoms with Gasteiger partial charge in [0.1, 0.15) is 0 Å². The summed E-state index contributed by atoms with van der Waals surface area (Å²) in [4.78, 5) is 14.0. The SMILES string of the molecule is CCN1CCCC1CNC(=O)c1ccc(F)c(F)c1F. The minimum Gasteiger partial charge on any atom is -0.350 e. The Morgan fingerprint density at radius 3 is 2.80 bits per heavy atom. The van der Waals surface area contributed by atoms with E-state index >= 15 is 0 Å². The molecule has 0 aromatic heterocycles. The molecule has 1 aromatic carbocycles. The van der Waals surface area contributed by atoms with E-state index in [0.717, 1.165) is 38.1 Å². The highest BCUT2D eigenvalue weighted by molar-refractivity contribution is 5.94. The first-order chi connectivity index (χ1) is 9.54. The minimum absolute atomic E-state index is 0.220. The Hall–Kier alpha value is -1.56. The van der Waals surface area contributed by atoms with Crippen molar-refractivity contribution >= 4 is 5.91 Å². The van der Waals surface area contributed by atoms with Gasteiger partial charge in [-0.05, 0) is 38.1 Å². The Bertz CT molecular complexity index is 507. The Labute approximate surface area is 115 Å². The van der Waals surface area contributed by atoms with E-state index in [1.807, 2.05) is 6.92 Å². The average molecular weight is 286 g/mol. The van der Waals surface area contributed by atoms with Gasteiger partial charge in [-0.15, -0.1) is 0 Å². The van der Waals surface area contributed by atoms with E-state index in [0.29, 0.717) is 6.54 Å². The number of carbonyl (C=O) groups excluding carboxylic acids is 1. The zero-order chi connectivity index (χ0) is 14.7. The molecule has 0 saturated carbocycles. The van der Waals surface area contributed by atoms with Gasteiger partial charge in [0.2, 0.25) is 0 Å². The molecule has 1 atom stereocenters. The first-order valence-corrected chi connectivity index (χ1v) is 6.70. The molecule has 1 N–H and O–H groups in total. The molecule has 0 bridgehead atoms. The maximum Gasteiger partial charge on any atom is 0.254 e. The van der Waals surface area contributed by atoms with Crippen LogP contribution in [0.15, 0.2) is 12.1 Å². The van der Waals surface area contributed by atoms with Crippen LogP contribution in [0.4, 0.5) is 13.2 Å². The Morgan fingerprint density at radius 1 is 1.35 bits per heavy atom. The lowest BCUT2D eigenvalue weighted by Crippen LogP contribution is -2.40. The van der Waals surface area contributed by atoms with Crippen LogP contribution in [0.2, 0.25) is 0 Å². The second-order valence-corrected chi connectivity index (χ2v) is 4.86. The molecule has 1 aliphatic rings. The number of rotatable bonds is 4. The minimum atomic E-state index is -1.62. The molecule has 0 aliphatic carbocycles. The summed E-state index contributed by atoms with van der Waals surface area (Å²) in [5.41, 5.74) is -0.468. The van der Waals surface area contributed by atoms with E-state index in [2.05, 4.69) is 10.2 Å². The molecule has 1 aliphatic heterocycles. The molecule has 1 fully saturated rings. The van der Waals surface area contributed by atoms with Crippen molar-refractivity contribution in [2.75, 3.05) is 19.6 Å². The molecule has 3 nitrogen and oxygen atoms in total.